The van der Waals surface area contributed by atoms with Gasteiger partial charge >= 0.3 is 6.03 Å². The van der Waals surface area contributed by atoms with Crippen molar-refractivity contribution in [1.29, 1.82) is 0 Å². The lowest BCUT2D eigenvalue weighted by Gasteiger charge is -2.32. The molecule has 7 heteroatoms. The van der Waals surface area contributed by atoms with Gasteiger partial charge in [-0.15, -0.1) is 0 Å². The number of ether oxygens (including phenoxy) is 2. The molecule has 1 N–H and O–H groups in total. The molecule has 1 aliphatic heterocycles. The van der Waals surface area contributed by atoms with E-state index in [0.717, 1.165) is 55.6 Å². The molecule has 7 nitrogen and oxygen atoms in total. The molecule has 3 amide bonds. The summed E-state index contributed by atoms with van der Waals surface area (Å²) in [7, 11) is 0. The van der Waals surface area contributed by atoms with Crippen LogP contribution in [0.1, 0.15) is 77.8 Å². The smallest absolute Gasteiger partial charge is 0.318 e. The summed E-state index contributed by atoms with van der Waals surface area (Å²) in [5, 5.41) is 3.08. The number of carbonyl (C=O) groups excluding carboxylic acids is 2. The molecule has 0 radical (unpaired) electrons. The van der Waals surface area contributed by atoms with Gasteiger partial charge in [0.1, 0.15) is 25.1 Å². The number of carbonyl (C=O) groups is 2. The highest BCUT2D eigenvalue weighted by molar-refractivity contribution is 5.87. The van der Waals surface area contributed by atoms with Crippen LogP contribution < -0.4 is 10.1 Å². The molecule has 1 fully saturated rings. The van der Waals surface area contributed by atoms with E-state index in [4.69, 9.17) is 9.47 Å². The van der Waals surface area contributed by atoms with Gasteiger partial charge in [-0.2, -0.15) is 0 Å². The first-order chi connectivity index (χ1) is 19.1. The summed E-state index contributed by atoms with van der Waals surface area (Å²) < 4.78 is 12.0. The van der Waals surface area contributed by atoms with Crippen molar-refractivity contribution in [2.24, 2.45) is 5.92 Å². The van der Waals surface area contributed by atoms with Gasteiger partial charge in [0.25, 0.3) is 0 Å². The Hall–Kier alpha value is -3.06. The maximum absolute atomic E-state index is 13.9. The fraction of sp³-hybridized carbons (Fsp3) is 0.576. The zero-order valence-electron chi connectivity index (χ0n) is 25.2. The van der Waals surface area contributed by atoms with Crippen LogP contribution in [0.15, 0.2) is 54.6 Å². The van der Waals surface area contributed by atoms with Gasteiger partial charge in [0.15, 0.2) is 0 Å². The van der Waals surface area contributed by atoms with Crippen molar-refractivity contribution in [2.75, 3.05) is 26.4 Å². The molecular weight excluding hydrogens is 502 g/mol. The van der Waals surface area contributed by atoms with Crippen LogP contribution in [-0.4, -0.2) is 59.7 Å². The molecule has 1 atom stereocenters. The summed E-state index contributed by atoms with van der Waals surface area (Å²) in [6, 6.07) is 17.4. The molecule has 3 rings (SSSR count). The SMILES string of the molecule is CC(C)C[C@H](NC(=O)N1CCCCCC1)C(=O)N(CCc1ccc(OCc2ccccc2)cc1)COC(C)(C)C. The minimum Gasteiger partial charge on any atom is -0.489 e. The second-order valence-electron chi connectivity index (χ2n) is 12.2. The molecular formula is C33H49N3O4. The number of likely N-dealkylation sites (tertiary alicyclic amines) is 1. The summed E-state index contributed by atoms with van der Waals surface area (Å²) in [4.78, 5) is 30.6. The van der Waals surface area contributed by atoms with Crippen LogP contribution in [0.3, 0.4) is 0 Å². The molecule has 220 valence electrons. The third kappa shape index (κ3) is 11.2. The van der Waals surface area contributed by atoms with E-state index in [2.05, 4.69) is 19.2 Å². The number of hydrogen-bond donors (Lipinski definition) is 1. The molecule has 2 aromatic rings. The Bertz CT molecular complexity index is 1030. The van der Waals surface area contributed by atoms with E-state index >= 15 is 0 Å². The molecule has 1 heterocycles. The number of rotatable bonds is 12. The summed E-state index contributed by atoms with van der Waals surface area (Å²) in [6.45, 7) is 12.8. The Labute approximate surface area is 241 Å². The first-order valence-electron chi connectivity index (χ1n) is 14.8. The number of nitrogens with zero attached hydrogens (tertiary/aromatic N) is 2. The maximum atomic E-state index is 13.9. The molecule has 0 saturated carbocycles. The molecule has 1 saturated heterocycles. The highest BCUT2D eigenvalue weighted by Crippen LogP contribution is 2.17. The minimum absolute atomic E-state index is 0.0936. The Morgan fingerprint density at radius 2 is 1.57 bits per heavy atom. The van der Waals surface area contributed by atoms with Gasteiger partial charge in [0.05, 0.1) is 5.60 Å². The highest BCUT2D eigenvalue weighted by Gasteiger charge is 2.29. The lowest BCUT2D eigenvalue weighted by Crippen LogP contribution is -2.54. The van der Waals surface area contributed by atoms with E-state index in [9.17, 15) is 9.59 Å². The standard InChI is InChI=1S/C33H49N3O4/c1-26(2)23-30(34-32(38)35-20-11-6-7-12-21-35)31(37)36(25-40-33(3,4)5)22-19-27-15-17-29(18-16-27)39-24-28-13-9-8-10-14-28/h8-10,13-18,26,30H,6-7,11-12,19-25H2,1-5H3,(H,34,38)/t30-/m0/s1. The van der Waals surface area contributed by atoms with Crippen molar-refractivity contribution in [1.82, 2.24) is 15.1 Å². The molecule has 0 unspecified atom stereocenters. The van der Waals surface area contributed by atoms with E-state index in [0.29, 0.717) is 26.0 Å². The lowest BCUT2D eigenvalue weighted by atomic mass is 10.0. The molecule has 0 aromatic heterocycles. The molecule has 0 aliphatic carbocycles. The Kier molecular flexibility index (Phi) is 12.3. The topological polar surface area (TPSA) is 71.1 Å². The van der Waals surface area contributed by atoms with Crippen LogP contribution in [0, 0.1) is 5.92 Å². The van der Waals surface area contributed by atoms with E-state index in [-0.39, 0.29) is 30.2 Å². The first kappa shape index (κ1) is 31.5. The zero-order valence-corrected chi connectivity index (χ0v) is 25.2. The molecule has 1 aliphatic rings. The number of benzene rings is 2. The lowest BCUT2D eigenvalue weighted by molar-refractivity contribution is -0.144. The normalized spacial score (nSPS) is 14.9. The van der Waals surface area contributed by atoms with Gasteiger partial charge in [0.2, 0.25) is 5.91 Å². The average Bonchev–Trinajstić information content (AvgIpc) is 3.21. The van der Waals surface area contributed by atoms with Gasteiger partial charge in [-0.1, -0.05) is 69.2 Å². The van der Waals surface area contributed by atoms with E-state index in [1.54, 1.807) is 4.90 Å². The second kappa shape index (κ2) is 15.7. The van der Waals surface area contributed by atoms with Crippen LogP contribution in [0.25, 0.3) is 0 Å². The van der Waals surface area contributed by atoms with Crippen molar-refractivity contribution >= 4 is 11.9 Å². The number of urea groups is 1. The van der Waals surface area contributed by atoms with Crippen molar-refractivity contribution in [3.05, 3.63) is 65.7 Å². The Morgan fingerprint density at radius 3 is 2.17 bits per heavy atom. The third-order valence-electron chi connectivity index (χ3n) is 7.00. The van der Waals surface area contributed by atoms with E-state index in [1.807, 2.05) is 80.3 Å². The second-order valence-corrected chi connectivity index (χ2v) is 12.2. The number of hydrogen-bond acceptors (Lipinski definition) is 4. The Morgan fingerprint density at radius 1 is 0.925 bits per heavy atom. The van der Waals surface area contributed by atoms with Gasteiger partial charge in [-0.05, 0) is 75.6 Å². The zero-order chi connectivity index (χ0) is 29.0. The molecule has 0 bridgehead atoms. The fourth-order valence-corrected chi connectivity index (χ4v) is 4.69. The van der Waals surface area contributed by atoms with Gasteiger partial charge in [0, 0.05) is 19.6 Å². The molecule has 40 heavy (non-hydrogen) atoms. The molecule has 0 spiro atoms. The minimum atomic E-state index is -0.590. The maximum Gasteiger partial charge on any atom is 0.318 e. The largest absolute Gasteiger partial charge is 0.489 e. The average molecular weight is 552 g/mol. The predicted octanol–water partition coefficient (Wildman–Crippen LogP) is 6.41. The van der Waals surface area contributed by atoms with Gasteiger partial charge < -0.3 is 24.6 Å². The number of nitrogens with one attached hydrogen (secondary N) is 1. The first-order valence-corrected chi connectivity index (χ1v) is 14.8. The Balaban J connectivity index is 1.65. The highest BCUT2D eigenvalue weighted by atomic mass is 16.5. The number of amides is 3. The van der Waals surface area contributed by atoms with Crippen molar-refractivity contribution < 1.29 is 19.1 Å². The fourth-order valence-electron chi connectivity index (χ4n) is 4.69. The summed E-state index contributed by atoms with van der Waals surface area (Å²) in [5.74, 6) is 0.973. The summed E-state index contributed by atoms with van der Waals surface area (Å²) in [5.41, 5.74) is 1.84. The van der Waals surface area contributed by atoms with Crippen LogP contribution in [-0.2, 0) is 22.6 Å². The summed E-state index contributed by atoms with van der Waals surface area (Å²) in [6.07, 6.45) is 5.58. The third-order valence-corrected chi connectivity index (χ3v) is 7.00. The van der Waals surface area contributed by atoms with Crippen molar-refractivity contribution in [3.8, 4) is 5.75 Å². The summed E-state index contributed by atoms with van der Waals surface area (Å²) >= 11 is 0. The van der Waals surface area contributed by atoms with Crippen molar-refractivity contribution in [3.63, 3.8) is 0 Å². The predicted molar refractivity (Wildman–Crippen MR) is 160 cm³/mol. The van der Waals surface area contributed by atoms with Gasteiger partial charge in [-0.25, -0.2) is 4.79 Å². The monoisotopic (exact) mass is 551 g/mol. The van der Waals surface area contributed by atoms with Gasteiger partial charge in [-0.3, -0.25) is 4.79 Å². The van der Waals surface area contributed by atoms with E-state index < -0.39 is 6.04 Å². The van der Waals surface area contributed by atoms with E-state index in [1.165, 1.54) is 0 Å². The quantitative estimate of drug-likeness (QED) is 0.310. The van der Waals surface area contributed by atoms with Crippen LogP contribution in [0.2, 0.25) is 0 Å². The van der Waals surface area contributed by atoms with Crippen LogP contribution in [0.5, 0.6) is 5.75 Å². The van der Waals surface area contributed by atoms with Crippen LogP contribution in [0.4, 0.5) is 4.79 Å². The van der Waals surface area contributed by atoms with Crippen molar-refractivity contribution in [2.45, 2.75) is 91.4 Å². The molecule has 2 aromatic carbocycles. The van der Waals surface area contributed by atoms with Crippen LogP contribution >= 0.6 is 0 Å².